The first-order valence-corrected chi connectivity index (χ1v) is 7.73. The Hall–Kier alpha value is -1.61. The number of carbonyl (C=O) groups is 1. The fraction of sp³-hybridized carbons (Fsp3) is 0.500. The van der Waals surface area contributed by atoms with E-state index in [9.17, 15) is 4.79 Å². The van der Waals surface area contributed by atoms with Crippen LogP contribution >= 0.6 is 0 Å². The normalized spacial score (nSPS) is 36.0. The van der Waals surface area contributed by atoms with Gasteiger partial charge in [0.05, 0.1) is 0 Å². The van der Waals surface area contributed by atoms with Crippen molar-refractivity contribution in [3.63, 3.8) is 0 Å². The number of fused-ring (bicyclic) bond motifs is 3. The summed E-state index contributed by atoms with van der Waals surface area (Å²) in [5.74, 6) is -0.00109. The Labute approximate surface area is 124 Å². The van der Waals surface area contributed by atoms with Crippen LogP contribution in [-0.2, 0) is 26.3 Å². The highest BCUT2D eigenvalue weighted by molar-refractivity contribution is 5.88. The van der Waals surface area contributed by atoms with Gasteiger partial charge in [-0.3, -0.25) is 0 Å². The van der Waals surface area contributed by atoms with Crippen LogP contribution in [0, 0.1) is 5.92 Å². The molecule has 3 nitrogen and oxygen atoms in total. The number of benzene rings is 1. The molecule has 3 atom stereocenters. The number of hydrogen-bond donors (Lipinski definition) is 0. The van der Waals surface area contributed by atoms with Crippen molar-refractivity contribution in [2.45, 2.75) is 43.8 Å². The smallest absolute Gasteiger partial charge is 0.334 e. The van der Waals surface area contributed by atoms with Crippen LogP contribution in [0.2, 0.25) is 0 Å². The lowest BCUT2D eigenvalue weighted by Gasteiger charge is -2.27. The fourth-order valence-electron chi connectivity index (χ4n) is 4.50. The minimum atomic E-state index is -0.575. The molecular formula is C18H20O3. The van der Waals surface area contributed by atoms with Gasteiger partial charge in [0.25, 0.3) is 0 Å². The van der Waals surface area contributed by atoms with Gasteiger partial charge in [0, 0.05) is 23.7 Å². The summed E-state index contributed by atoms with van der Waals surface area (Å²) in [7, 11) is 0. The summed E-state index contributed by atoms with van der Waals surface area (Å²) in [6, 6.07) is 8.35. The molecule has 0 aromatic heterocycles. The molecule has 0 N–H and O–H groups in total. The molecule has 0 radical (unpaired) electrons. The molecule has 1 aliphatic heterocycles. The largest absolute Gasteiger partial charge is 0.447 e. The molecule has 3 aliphatic rings. The van der Waals surface area contributed by atoms with Crippen LogP contribution in [0.5, 0.6) is 0 Å². The molecule has 2 aliphatic carbocycles. The van der Waals surface area contributed by atoms with Crippen LogP contribution in [0.25, 0.3) is 0 Å². The van der Waals surface area contributed by atoms with E-state index in [0.29, 0.717) is 11.5 Å². The van der Waals surface area contributed by atoms with E-state index < -0.39 is 5.60 Å². The van der Waals surface area contributed by atoms with E-state index in [0.717, 1.165) is 37.9 Å². The molecule has 4 rings (SSSR count). The topological polar surface area (TPSA) is 35.5 Å². The van der Waals surface area contributed by atoms with E-state index in [1.54, 1.807) is 6.92 Å². The van der Waals surface area contributed by atoms with Crippen molar-refractivity contribution in [3.8, 4) is 0 Å². The third kappa shape index (κ3) is 1.50. The lowest BCUT2D eigenvalue weighted by atomic mass is 9.96. The lowest BCUT2D eigenvalue weighted by molar-refractivity contribution is -0.156. The second kappa shape index (κ2) is 4.20. The summed E-state index contributed by atoms with van der Waals surface area (Å²) >= 11 is 0. The number of esters is 1. The van der Waals surface area contributed by atoms with Crippen molar-refractivity contribution < 1.29 is 14.3 Å². The summed E-state index contributed by atoms with van der Waals surface area (Å²) in [4.78, 5) is 12.2. The first-order valence-electron chi connectivity index (χ1n) is 7.73. The molecule has 0 amide bonds. The maximum absolute atomic E-state index is 12.2. The van der Waals surface area contributed by atoms with Gasteiger partial charge in [-0.25, -0.2) is 4.79 Å². The van der Waals surface area contributed by atoms with Crippen LogP contribution in [0.1, 0.15) is 37.3 Å². The van der Waals surface area contributed by atoms with Crippen LogP contribution in [0.3, 0.4) is 0 Å². The van der Waals surface area contributed by atoms with Gasteiger partial charge >= 0.3 is 5.97 Å². The van der Waals surface area contributed by atoms with Crippen LogP contribution < -0.4 is 0 Å². The van der Waals surface area contributed by atoms with E-state index in [4.69, 9.17) is 9.47 Å². The van der Waals surface area contributed by atoms with E-state index >= 15 is 0 Å². The highest BCUT2D eigenvalue weighted by atomic mass is 16.6. The highest BCUT2D eigenvalue weighted by Crippen LogP contribution is 2.73. The lowest BCUT2D eigenvalue weighted by Crippen LogP contribution is -2.32. The Morgan fingerprint density at radius 3 is 3.05 bits per heavy atom. The predicted octanol–water partition coefficient (Wildman–Crippen LogP) is 3.13. The summed E-state index contributed by atoms with van der Waals surface area (Å²) in [5.41, 5.74) is 2.04. The molecule has 1 heterocycles. The molecule has 1 spiro atoms. The number of ether oxygens (including phenoxy) is 2. The second-order valence-electron chi connectivity index (χ2n) is 6.50. The van der Waals surface area contributed by atoms with Gasteiger partial charge < -0.3 is 9.47 Å². The SMILES string of the molecule is C=C(C)C(=O)OC12c3ccccc3CCCC13OCCC32. The van der Waals surface area contributed by atoms with Gasteiger partial charge in [0.2, 0.25) is 0 Å². The van der Waals surface area contributed by atoms with Crippen LogP contribution in [-0.4, -0.2) is 18.2 Å². The summed E-state index contributed by atoms with van der Waals surface area (Å²) in [5, 5.41) is 0. The Bertz CT molecular complexity index is 635. The van der Waals surface area contributed by atoms with Crippen molar-refractivity contribution in [3.05, 3.63) is 47.5 Å². The molecular weight excluding hydrogens is 264 g/mol. The second-order valence-corrected chi connectivity index (χ2v) is 6.50. The third-order valence-electron chi connectivity index (χ3n) is 5.38. The average molecular weight is 284 g/mol. The van der Waals surface area contributed by atoms with Crippen molar-refractivity contribution in [2.75, 3.05) is 6.61 Å². The van der Waals surface area contributed by atoms with E-state index in [2.05, 4.69) is 24.8 Å². The summed E-state index contributed by atoms with van der Waals surface area (Å²) in [6.45, 7) is 6.20. The van der Waals surface area contributed by atoms with Gasteiger partial charge in [-0.1, -0.05) is 30.8 Å². The van der Waals surface area contributed by atoms with Gasteiger partial charge in [-0.05, 0) is 38.2 Å². The number of aryl methyl sites for hydroxylation is 1. The zero-order valence-electron chi connectivity index (χ0n) is 12.4. The van der Waals surface area contributed by atoms with Crippen molar-refractivity contribution in [1.29, 1.82) is 0 Å². The number of rotatable bonds is 2. The predicted molar refractivity (Wildman–Crippen MR) is 78.8 cm³/mol. The third-order valence-corrected chi connectivity index (χ3v) is 5.38. The molecule has 3 unspecified atom stereocenters. The van der Waals surface area contributed by atoms with Crippen molar-refractivity contribution >= 4 is 5.97 Å². The number of carbonyl (C=O) groups excluding carboxylic acids is 1. The van der Waals surface area contributed by atoms with Crippen molar-refractivity contribution in [2.24, 2.45) is 5.92 Å². The monoisotopic (exact) mass is 284 g/mol. The van der Waals surface area contributed by atoms with Gasteiger partial charge in [0.1, 0.15) is 5.60 Å². The molecule has 110 valence electrons. The van der Waals surface area contributed by atoms with E-state index in [1.807, 2.05) is 6.07 Å². The molecule has 1 aromatic rings. The Morgan fingerprint density at radius 2 is 2.24 bits per heavy atom. The molecule has 1 saturated heterocycles. The van der Waals surface area contributed by atoms with E-state index in [-0.39, 0.29) is 11.6 Å². The maximum Gasteiger partial charge on any atom is 0.334 e. The highest BCUT2D eigenvalue weighted by Gasteiger charge is 2.84. The number of hydrogen-bond acceptors (Lipinski definition) is 3. The average Bonchev–Trinajstić information content (AvgIpc) is 2.79. The molecule has 1 aromatic carbocycles. The Kier molecular flexibility index (Phi) is 2.62. The zero-order valence-corrected chi connectivity index (χ0v) is 12.4. The fourth-order valence-corrected chi connectivity index (χ4v) is 4.50. The standard InChI is InChI=1S/C18H20O3/c1-12(2)16(19)21-18-14-8-4-3-6-13(14)7-5-10-17(18)15(18)9-11-20-17/h3-4,6,8,15H,1,5,7,9-11H2,2H3. The molecule has 3 heteroatoms. The van der Waals surface area contributed by atoms with Crippen LogP contribution in [0.4, 0.5) is 0 Å². The first kappa shape index (κ1) is 13.1. The molecule has 0 bridgehead atoms. The van der Waals surface area contributed by atoms with Gasteiger partial charge in [-0.2, -0.15) is 0 Å². The first-order chi connectivity index (χ1) is 10.1. The maximum atomic E-state index is 12.2. The minimum absolute atomic E-state index is 0.287. The minimum Gasteiger partial charge on any atom is -0.447 e. The van der Waals surface area contributed by atoms with Gasteiger partial charge in [-0.15, -0.1) is 0 Å². The molecule has 1 saturated carbocycles. The molecule has 21 heavy (non-hydrogen) atoms. The van der Waals surface area contributed by atoms with Crippen molar-refractivity contribution in [1.82, 2.24) is 0 Å². The molecule has 2 fully saturated rings. The summed E-state index contributed by atoms with van der Waals surface area (Å²) in [6.07, 6.45) is 4.05. The quantitative estimate of drug-likeness (QED) is 0.618. The Morgan fingerprint density at radius 1 is 1.43 bits per heavy atom. The van der Waals surface area contributed by atoms with Gasteiger partial charge in [0.15, 0.2) is 5.60 Å². The Balaban J connectivity index is 1.84. The van der Waals surface area contributed by atoms with E-state index in [1.165, 1.54) is 5.56 Å². The summed E-state index contributed by atoms with van der Waals surface area (Å²) < 4.78 is 12.1. The zero-order chi connectivity index (χ0) is 14.7. The van der Waals surface area contributed by atoms with Crippen LogP contribution in [0.15, 0.2) is 36.4 Å².